The fraction of sp³-hybridized carbons (Fsp3) is 0.250. The van der Waals surface area contributed by atoms with Crippen molar-refractivity contribution in [2.75, 3.05) is 7.11 Å². The summed E-state index contributed by atoms with van der Waals surface area (Å²) in [7, 11) is 1.75. The van der Waals surface area contributed by atoms with Crippen molar-refractivity contribution in [3.63, 3.8) is 0 Å². The third kappa shape index (κ3) is 1.79. The molecule has 92 valence electrons. The van der Waals surface area contributed by atoms with Gasteiger partial charge in [-0.3, -0.25) is 0 Å². The van der Waals surface area contributed by atoms with E-state index in [0.717, 1.165) is 11.3 Å². The van der Waals surface area contributed by atoms with Crippen LogP contribution in [0.2, 0.25) is 0 Å². The topological polar surface area (TPSA) is 18.5 Å². The Morgan fingerprint density at radius 2 is 1.94 bits per heavy atom. The first-order chi connectivity index (χ1) is 8.79. The Morgan fingerprint density at radius 1 is 1.11 bits per heavy atom. The summed E-state index contributed by atoms with van der Waals surface area (Å²) in [4.78, 5) is 0. The molecule has 0 aromatic heterocycles. The number of ether oxygens (including phenoxy) is 2. The normalized spacial score (nSPS) is 17.3. The third-order valence-electron chi connectivity index (χ3n) is 3.40. The van der Waals surface area contributed by atoms with Crippen molar-refractivity contribution in [1.82, 2.24) is 0 Å². The lowest BCUT2D eigenvalue weighted by Gasteiger charge is -2.17. The molecule has 0 saturated heterocycles. The summed E-state index contributed by atoms with van der Waals surface area (Å²) in [6.07, 6.45) is -0.0430. The highest BCUT2D eigenvalue weighted by Gasteiger charge is 2.24. The minimum absolute atomic E-state index is 0.0430. The largest absolute Gasteiger partial charge is 0.488 e. The molecular weight excluding hydrogens is 224 g/mol. The van der Waals surface area contributed by atoms with Crippen LogP contribution in [0.1, 0.15) is 28.4 Å². The van der Waals surface area contributed by atoms with E-state index in [-0.39, 0.29) is 6.10 Å². The Morgan fingerprint density at radius 3 is 2.78 bits per heavy atom. The maximum Gasteiger partial charge on any atom is 0.125 e. The van der Waals surface area contributed by atoms with Gasteiger partial charge in [-0.2, -0.15) is 0 Å². The highest BCUT2D eigenvalue weighted by Crippen LogP contribution is 2.37. The molecule has 0 amide bonds. The molecule has 0 N–H and O–H groups in total. The second-order valence-corrected chi connectivity index (χ2v) is 4.64. The first-order valence-corrected chi connectivity index (χ1v) is 6.13. The molecule has 0 fully saturated rings. The average Bonchev–Trinajstić information content (AvgIpc) is 2.54. The van der Waals surface area contributed by atoms with E-state index in [9.17, 15) is 0 Å². The summed E-state index contributed by atoms with van der Waals surface area (Å²) >= 11 is 0. The summed E-state index contributed by atoms with van der Waals surface area (Å²) < 4.78 is 11.6. The lowest BCUT2D eigenvalue weighted by atomic mass is 9.96. The first kappa shape index (κ1) is 11.3. The molecule has 1 atom stereocenters. The van der Waals surface area contributed by atoms with Crippen molar-refractivity contribution in [3.05, 3.63) is 64.7 Å². The van der Waals surface area contributed by atoms with E-state index in [1.165, 1.54) is 16.7 Å². The van der Waals surface area contributed by atoms with Gasteiger partial charge in [0.2, 0.25) is 0 Å². The fourth-order valence-corrected chi connectivity index (χ4v) is 2.50. The SMILES string of the molecule is CO[C@H]1c2ccccc2COc2ccc(C)cc21. The molecule has 2 nitrogen and oxygen atoms in total. The van der Waals surface area contributed by atoms with Gasteiger partial charge in [-0.15, -0.1) is 0 Å². The maximum absolute atomic E-state index is 5.88. The van der Waals surface area contributed by atoms with Crippen LogP contribution in [0.4, 0.5) is 0 Å². The third-order valence-corrected chi connectivity index (χ3v) is 3.40. The zero-order valence-electron chi connectivity index (χ0n) is 10.6. The Balaban J connectivity index is 2.19. The van der Waals surface area contributed by atoms with E-state index in [4.69, 9.17) is 9.47 Å². The zero-order chi connectivity index (χ0) is 12.5. The van der Waals surface area contributed by atoms with E-state index in [1.54, 1.807) is 7.11 Å². The van der Waals surface area contributed by atoms with Crippen molar-refractivity contribution in [1.29, 1.82) is 0 Å². The van der Waals surface area contributed by atoms with Crippen molar-refractivity contribution < 1.29 is 9.47 Å². The fourth-order valence-electron chi connectivity index (χ4n) is 2.50. The van der Waals surface area contributed by atoms with Crippen LogP contribution in [0.25, 0.3) is 0 Å². The molecule has 0 radical (unpaired) electrons. The summed E-state index contributed by atoms with van der Waals surface area (Å²) in [6, 6.07) is 14.5. The Hall–Kier alpha value is -1.80. The van der Waals surface area contributed by atoms with Crippen molar-refractivity contribution in [2.45, 2.75) is 19.6 Å². The molecule has 0 aliphatic carbocycles. The Labute approximate surface area is 107 Å². The molecule has 0 bridgehead atoms. The highest BCUT2D eigenvalue weighted by molar-refractivity contribution is 5.46. The number of aryl methyl sites for hydroxylation is 1. The molecule has 1 aliphatic heterocycles. The van der Waals surface area contributed by atoms with Gasteiger partial charge in [0, 0.05) is 12.7 Å². The number of hydrogen-bond donors (Lipinski definition) is 0. The van der Waals surface area contributed by atoms with Crippen molar-refractivity contribution in [2.24, 2.45) is 0 Å². The molecule has 0 spiro atoms. The second kappa shape index (κ2) is 4.46. The van der Waals surface area contributed by atoms with Crippen LogP contribution in [0.5, 0.6) is 5.75 Å². The van der Waals surface area contributed by atoms with Gasteiger partial charge in [-0.1, -0.05) is 35.9 Å². The smallest absolute Gasteiger partial charge is 0.125 e. The van der Waals surface area contributed by atoms with Crippen molar-refractivity contribution >= 4 is 0 Å². The van der Waals surface area contributed by atoms with Crippen LogP contribution in [0.15, 0.2) is 42.5 Å². The number of hydrogen-bond acceptors (Lipinski definition) is 2. The maximum atomic E-state index is 5.88. The molecule has 2 aromatic carbocycles. The van der Waals surface area contributed by atoms with Crippen LogP contribution < -0.4 is 4.74 Å². The average molecular weight is 240 g/mol. The van der Waals surface area contributed by atoms with Crippen LogP contribution in [-0.4, -0.2) is 7.11 Å². The molecule has 0 unspecified atom stereocenters. The van der Waals surface area contributed by atoms with E-state index in [0.29, 0.717) is 6.61 Å². The molecule has 0 saturated carbocycles. The van der Waals surface area contributed by atoms with Crippen LogP contribution >= 0.6 is 0 Å². The molecular formula is C16H16O2. The van der Waals surface area contributed by atoms with E-state index >= 15 is 0 Å². The summed E-state index contributed by atoms with van der Waals surface area (Å²) in [5.41, 5.74) is 4.73. The van der Waals surface area contributed by atoms with Gasteiger partial charge in [0.1, 0.15) is 18.5 Å². The molecule has 1 heterocycles. The van der Waals surface area contributed by atoms with Gasteiger partial charge < -0.3 is 9.47 Å². The first-order valence-electron chi connectivity index (χ1n) is 6.13. The quantitative estimate of drug-likeness (QED) is 0.758. The lowest BCUT2D eigenvalue weighted by Crippen LogP contribution is -2.04. The second-order valence-electron chi connectivity index (χ2n) is 4.64. The monoisotopic (exact) mass is 240 g/mol. The molecule has 18 heavy (non-hydrogen) atoms. The van der Waals surface area contributed by atoms with Gasteiger partial charge in [0.15, 0.2) is 0 Å². The van der Waals surface area contributed by atoms with Crippen LogP contribution in [0, 0.1) is 6.92 Å². The number of methoxy groups -OCH3 is 1. The number of rotatable bonds is 1. The van der Waals surface area contributed by atoms with E-state index in [2.05, 4.69) is 31.2 Å². The zero-order valence-corrected chi connectivity index (χ0v) is 10.6. The molecule has 3 rings (SSSR count). The predicted octanol–water partition coefficient (Wildman–Crippen LogP) is 3.62. The van der Waals surface area contributed by atoms with Gasteiger partial charge >= 0.3 is 0 Å². The minimum Gasteiger partial charge on any atom is -0.488 e. The Kier molecular flexibility index (Phi) is 2.80. The van der Waals surface area contributed by atoms with Crippen LogP contribution in [-0.2, 0) is 11.3 Å². The lowest BCUT2D eigenvalue weighted by molar-refractivity contribution is 0.135. The van der Waals surface area contributed by atoms with Crippen LogP contribution in [0.3, 0.4) is 0 Å². The number of benzene rings is 2. The van der Waals surface area contributed by atoms with Crippen molar-refractivity contribution in [3.8, 4) is 5.75 Å². The number of fused-ring (bicyclic) bond motifs is 2. The summed E-state index contributed by atoms with van der Waals surface area (Å²) in [5, 5.41) is 0. The van der Waals surface area contributed by atoms with Gasteiger partial charge in [-0.25, -0.2) is 0 Å². The summed E-state index contributed by atoms with van der Waals surface area (Å²) in [5.74, 6) is 0.920. The molecule has 2 heteroatoms. The van der Waals surface area contributed by atoms with E-state index < -0.39 is 0 Å². The molecule has 1 aliphatic rings. The minimum atomic E-state index is -0.0430. The van der Waals surface area contributed by atoms with Gasteiger partial charge in [0.25, 0.3) is 0 Å². The highest BCUT2D eigenvalue weighted by atomic mass is 16.5. The van der Waals surface area contributed by atoms with E-state index in [1.807, 2.05) is 18.2 Å². The standard InChI is InChI=1S/C16H16O2/c1-11-7-8-15-14(9-11)16(17-2)13-6-4-3-5-12(13)10-18-15/h3-9,16H,10H2,1-2H3/t16-/m0/s1. The Bertz CT molecular complexity index is 575. The van der Waals surface area contributed by atoms with Gasteiger partial charge in [0.05, 0.1) is 0 Å². The summed E-state index contributed by atoms with van der Waals surface area (Å²) in [6.45, 7) is 2.69. The predicted molar refractivity (Wildman–Crippen MR) is 70.8 cm³/mol. The molecule has 2 aromatic rings. The van der Waals surface area contributed by atoms with Gasteiger partial charge in [-0.05, 0) is 30.2 Å².